The number of fused-ring (bicyclic) bond motifs is 1. The number of benzene rings is 1. The summed E-state index contributed by atoms with van der Waals surface area (Å²) in [6.07, 6.45) is -1.31. The van der Waals surface area contributed by atoms with E-state index in [1.165, 1.54) is 11.3 Å². The highest BCUT2D eigenvalue weighted by Crippen LogP contribution is 2.32. The summed E-state index contributed by atoms with van der Waals surface area (Å²) in [5.41, 5.74) is 7.30. The van der Waals surface area contributed by atoms with Gasteiger partial charge < -0.3 is 15.3 Å². The molecule has 3 N–H and O–H groups in total. The number of halogens is 4. The van der Waals surface area contributed by atoms with E-state index in [1.54, 1.807) is 36.3 Å². The van der Waals surface area contributed by atoms with Crippen molar-refractivity contribution in [1.82, 2.24) is 25.0 Å². The van der Waals surface area contributed by atoms with Crippen molar-refractivity contribution >= 4 is 27.5 Å². The number of aliphatic carboxylic acids is 1. The third kappa shape index (κ3) is 5.21. The summed E-state index contributed by atoms with van der Waals surface area (Å²) in [4.78, 5) is 13.3. The molecule has 0 saturated carbocycles. The molecule has 0 radical (unpaired) electrons. The van der Waals surface area contributed by atoms with Crippen LogP contribution in [0, 0.1) is 5.82 Å². The minimum absolute atomic E-state index is 0.190. The number of aryl methyl sites for hydroxylation is 1. The van der Waals surface area contributed by atoms with E-state index in [9.17, 15) is 17.6 Å². The zero-order chi connectivity index (χ0) is 22.8. The van der Waals surface area contributed by atoms with Crippen LogP contribution in [0.25, 0.3) is 21.3 Å². The van der Waals surface area contributed by atoms with Crippen molar-refractivity contribution < 1.29 is 31.9 Å². The van der Waals surface area contributed by atoms with Crippen LogP contribution in [0.5, 0.6) is 0 Å². The van der Waals surface area contributed by atoms with Crippen molar-refractivity contribution in [3.05, 3.63) is 47.1 Å². The molecule has 0 bridgehead atoms. The third-order valence-electron chi connectivity index (χ3n) is 3.79. The van der Waals surface area contributed by atoms with Gasteiger partial charge in [0, 0.05) is 24.4 Å². The van der Waals surface area contributed by atoms with Gasteiger partial charge in [0.1, 0.15) is 5.01 Å². The molecule has 0 spiro atoms. The van der Waals surface area contributed by atoms with Crippen molar-refractivity contribution in [2.75, 3.05) is 0 Å². The molecule has 0 aliphatic rings. The molecule has 4 rings (SSSR count). The van der Waals surface area contributed by atoms with E-state index in [4.69, 9.17) is 20.1 Å². The Bertz CT molecular complexity index is 1220. The van der Waals surface area contributed by atoms with Gasteiger partial charge in [-0.3, -0.25) is 4.68 Å². The number of aromatic nitrogens is 5. The number of rotatable bonds is 4. The second-order valence-electron chi connectivity index (χ2n) is 6.06. The monoisotopic (exact) mass is 458 g/mol. The van der Waals surface area contributed by atoms with Gasteiger partial charge in [-0.25, -0.2) is 14.2 Å². The minimum Gasteiger partial charge on any atom is -0.475 e. The van der Waals surface area contributed by atoms with Crippen molar-refractivity contribution in [2.45, 2.75) is 19.1 Å². The van der Waals surface area contributed by atoms with Gasteiger partial charge in [-0.15, -0.1) is 21.5 Å². The Kier molecular flexibility index (Phi) is 6.31. The van der Waals surface area contributed by atoms with Crippen molar-refractivity contribution in [2.24, 2.45) is 12.8 Å². The summed E-state index contributed by atoms with van der Waals surface area (Å²) in [6.45, 7) is 0.190. The van der Waals surface area contributed by atoms with Gasteiger partial charge >= 0.3 is 12.1 Å². The van der Waals surface area contributed by atoms with Crippen LogP contribution in [-0.2, 0) is 24.8 Å². The van der Waals surface area contributed by atoms with Crippen LogP contribution in [0.15, 0.2) is 28.9 Å². The van der Waals surface area contributed by atoms with E-state index in [1.807, 2.05) is 0 Å². The molecule has 0 amide bonds. The third-order valence-corrected chi connectivity index (χ3v) is 4.85. The molecule has 0 unspecified atom stereocenters. The van der Waals surface area contributed by atoms with Gasteiger partial charge in [0.2, 0.25) is 11.8 Å². The number of hydrogen-bond donors (Lipinski definition) is 2. The second kappa shape index (κ2) is 8.77. The van der Waals surface area contributed by atoms with Crippen LogP contribution < -0.4 is 5.73 Å². The SMILES string of the molecule is Cn1cc(-c2ccc3nc(Cc4nnc(CN)o4)sc3c2F)cn1.O=C(O)C(F)(F)F. The average molecular weight is 458 g/mol. The summed E-state index contributed by atoms with van der Waals surface area (Å²) < 4.78 is 54.1. The van der Waals surface area contributed by atoms with Crippen LogP contribution in [0.1, 0.15) is 16.8 Å². The standard InChI is InChI=1S/C15H13FN6OS.C2HF3O2/c1-22-7-8(6-18-22)9-2-3-10-15(14(9)16)24-13(19-10)4-11-20-21-12(5-17)23-11;3-2(4,5)1(6)7/h2-3,6-7H,4-5,17H2,1H3;(H,6,7). The van der Waals surface area contributed by atoms with Crippen molar-refractivity contribution in [3.63, 3.8) is 0 Å². The second-order valence-corrected chi connectivity index (χ2v) is 7.14. The molecule has 0 fully saturated rings. The number of nitrogens with zero attached hydrogens (tertiary/aromatic N) is 5. The lowest BCUT2D eigenvalue weighted by Gasteiger charge is -1.99. The lowest BCUT2D eigenvalue weighted by atomic mass is 10.1. The Morgan fingerprint density at radius 1 is 1.29 bits per heavy atom. The largest absolute Gasteiger partial charge is 0.490 e. The van der Waals surface area contributed by atoms with E-state index in [0.29, 0.717) is 39.0 Å². The van der Waals surface area contributed by atoms with Gasteiger partial charge in [0.15, 0.2) is 5.82 Å². The van der Waals surface area contributed by atoms with E-state index in [2.05, 4.69) is 20.3 Å². The predicted molar refractivity (Wildman–Crippen MR) is 100 cm³/mol. The molecule has 3 aromatic heterocycles. The molecule has 4 aromatic rings. The highest BCUT2D eigenvalue weighted by atomic mass is 32.1. The van der Waals surface area contributed by atoms with E-state index < -0.39 is 12.1 Å². The van der Waals surface area contributed by atoms with Crippen LogP contribution in [-0.4, -0.2) is 42.2 Å². The molecular weight excluding hydrogens is 444 g/mol. The molecule has 0 aliphatic carbocycles. The first-order valence-electron chi connectivity index (χ1n) is 8.47. The number of carboxylic acids is 1. The quantitative estimate of drug-likeness (QED) is 0.446. The van der Waals surface area contributed by atoms with E-state index in [-0.39, 0.29) is 12.4 Å². The Morgan fingerprint density at radius 3 is 2.52 bits per heavy atom. The maximum absolute atomic E-state index is 14.8. The number of alkyl halides is 3. The molecule has 31 heavy (non-hydrogen) atoms. The maximum atomic E-state index is 14.8. The summed E-state index contributed by atoms with van der Waals surface area (Å²) in [7, 11) is 1.80. The van der Waals surface area contributed by atoms with Crippen LogP contribution in [0.4, 0.5) is 17.6 Å². The summed E-state index contributed by atoms with van der Waals surface area (Å²) in [5.74, 6) is -2.26. The first kappa shape index (κ1) is 22.3. The molecule has 164 valence electrons. The molecule has 14 heteroatoms. The van der Waals surface area contributed by atoms with E-state index in [0.717, 1.165) is 5.56 Å². The topological polar surface area (TPSA) is 133 Å². The smallest absolute Gasteiger partial charge is 0.475 e. The maximum Gasteiger partial charge on any atom is 0.490 e. The molecular formula is C17H14F4N6O3S. The Morgan fingerprint density at radius 2 is 1.97 bits per heavy atom. The van der Waals surface area contributed by atoms with Gasteiger partial charge in [-0.2, -0.15) is 18.3 Å². The molecule has 0 saturated heterocycles. The normalized spacial score (nSPS) is 11.4. The fourth-order valence-corrected chi connectivity index (χ4v) is 3.43. The summed E-state index contributed by atoms with van der Waals surface area (Å²) in [6, 6.07) is 3.53. The van der Waals surface area contributed by atoms with E-state index >= 15 is 0 Å². The predicted octanol–water partition coefficient (Wildman–Crippen LogP) is 2.90. The molecule has 0 atom stereocenters. The lowest BCUT2D eigenvalue weighted by Crippen LogP contribution is -2.21. The highest BCUT2D eigenvalue weighted by molar-refractivity contribution is 7.18. The fraction of sp³-hybridized carbons (Fsp3) is 0.235. The van der Waals surface area contributed by atoms with Gasteiger partial charge in [-0.1, -0.05) is 0 Å². The first-order valence-corrected chi connectivity index (χ1v) is 9.28. The average Bonchev–Trinajstić information content (AvgIpc) is 3.42. The van der Waals surface area contributed by atoms with Gasteiger partial charge in [0.25, 0.3) is 0 Å². The van der Waals surface area contributed by atoms with Gasteiger partial charge in [0.05, 0.1) is 29.4 Å². The van der Waals surface area contributed by atoms with Crippen LogP contribution in [0.2, 0.25) is 0 Å². The molecule has 0 aliphatic heterocycles. The Labute approximate surface area is 175 Å². The lowest BCUT2D eigenvalue weighted by molar-refractivity contribution is -0.192. The van der Waals surface area contributed by atoms with Crippen molar-refractivity contribution in [1.29, 1.82) is 0 Å². The Balaban J connectivity index is 0.000000339. The summed E-state index contributed by atoms with van der Waals surface area (Å²) in [5, 5.41) is 19.6. The van der Waals surface area contributed by atoms with Gasteiger partial charge in [-0.05, 0) is 12.1 Å². The zero-order valence-electron chi connectivity index (χ0n) is 15.7. The fourth-order valence-electron chi connectivity index (χ4n) is 2.44. The zero-order valence-corrected chi connectivity index (χ0v) is 16.5. The number of nitrogens with two attached hydrogens (primary N) is 1. The first-order chi connectivity index (χ1) is 14.6. The van der Waals surface area contributed by atoms with Crippen molar-refractivity contribution in [3.8, 4) is 11.1 Å². The Hall–Kier alpha value is -3.39. The number of carboxylic acid groups (broad SMARTS) is 1. The molecule has 9 nitrogen and oxygen atoms in total. The highest BCUT2D eigenvalue weighted by Gasteiger charge is 2.38. The number of carbonyl (C=O) groups is 1. The number of thiazole rings is 1. The minimum atomic E-state index is -5.08. The molecule has 3 heterocycles. The molecule has 1 aromatic carbocycles. The van der Waals surface area contributed by atoms with Crippen LogP contribution >= 0.6 is 11.3 Å². The van der Waals surface area contributed by atoms with Crippen LogP contribution in [0.3, 0.4) is 0 Å². The number of hydrogen-bond acceptors (Lipinski definition) is 8. The summed E-state index contributed by atoms with van der Waals surface area (Å²) >= 11 is 1.28.